The first-order valence-electron chi connectivity index (χ1n) is 10.2. The van der Waals surface area contributed by atoms with Crippen LogP contribution in [0.3, 0.4) is 0 Å². The number of fused-ring (bicyclic) bond motifs is 1. The number of hydrogen-bond donors (Lipinski definition) is 2. The number of hydrogen-bond acceptors (Lipinski definition) is 6. The molecule has 1 aliphatic rings. The minimum absolute atomic E-state index is 0.0813. The molecule has 0 spiro atoms. The Morgan fingerprint density at radius 2 is 1.67 bits per heavy atom. The lowest BCUT2D eigenvalue weighted by molar-refractivity contribution is -0.274. The van der Waals surface area contributed by atoms with Gasteiger partial charge in [-0.1, -0.05) is 6.42 Å². The first-order chi connectivity index (χ1) is 15.6. The van der Waals surface area contributed by atoms with Crippen molar-refractivity contribution in [1.29, 1.82) is 0 Å². The molecule has 180 valence electrons. The molecule has 2 aromatic rings. The molecule has 1 aliphatic heterocycles. The third-order valence-electron chi connectivity index (χ3n) is 4.57. The molecule has 2 N–H and O–H groups in total. The largest absolute Gasteiger partial charge is 0.573 e. The highest BCUT2D eigenvalue weighted by Gasteiger charge is 2.31. The minimum atomic E-state index is -4.77. The predicted molar refractivity (Wildman–Crippen MR) is 113 cm³/mol. The second kappa shape index (κ2) is 10.8. The smallest absolute Gasteiger partial charge is 0.486 e. The number of anilines is 1. The average Bonchev–Trinajstić information content (AvgIpc) is 2.76. The molecule has 8 nitrogen and oxygen atoms in total. The molecule has 2 aromatic carbocycles. The van der Waals surface area contributed by atoms with Gasteiger partial charge in [0.25, 0.3) is 0 Å². The lowest BCUT2D eigenvalue weighted by atomic mass is 10.2. The molecule has 0 aromatic heterocycles. The van der Waals surface area contributed by atoms with E-state index in [0.29, 0.717) is 49.7 Å². The summed E-state index contributed by atoms with van der Waals surface area (Å²) in [5.74, 6) is 0.220. The maximum absolute atomic E-state index is 12.4. The number of sulfonamides is 1. The standard InChI is InChI=1S/C21H23F3N2O6S/c22-21(23,24)32-16-7-5-15(6-8-16)26-20(27)4-2-1-3-11-25-33(28,29)17-9-10-18-19(14-17)31-13-12-30-18/h5-10,14,25H,1-4,11-13H2,(H,26,27). The molecule has 0 atom stereocenters. The van der Waals surface area contributed by atoms with E-state index in [2.05, 4.69) is 14.8 Å². The second-order valence-corrected chi connectivity index (χ2v) is 8.90. The van der Waals surface area contributed by atoms with E-state index in [1.165, 1.54) is 24.3 Å². The number of nitrogens with one attached hydrogen (secondary N) is 2. The summed E-state index contributed by atoms with van der Waals surface area (Å²) in [5, 5.41) is 2.58. The summed E-state index contributed by atoms with van der Waals surface area (Å²) in [6.45, 7) is 0.979. The molecule has 3 rings (SSSR count). The first kappa shape index (κ1) is 24.6. The van der Waals surface area contributed by atoms with Crippen LogP contribution in [0.1, 0.15) is 25.7 Å². The summed E-state index contributed by atoms with van der Waals surface area (Å²) in [5.41, 5.74) is 0.349. The number of ether oxygens (including phenoxy) is 3. The van der Waals surface area contributed by atoms with Crippen molar-refractivity contribution in [3.05, 3.63) is 42.5 Å². The molecular weight excluding hydrogens is 465 g/mol. The average molecular weight is 488 g/mol. The van der Waals surface area contributed by atoms with Gasteiger partial charge >= 0.3 is 6.36 Å². The van der Waals surface area contributed by atoms with Gasteiger partial charge in [-0.05, 0) is 49.2 Å². The Morgan fingerprint density at radius 3 is 2.36 bits per heavy atom. The van der Waals surface area contributed by atoms with Crippen LogP contribution >= 0.6 is 0 Å². The van der Waals surface area contributed by atoms with E-state index in [-0.39, 0.29) is 29.5 Å². The highest BCUT2D eigenvalue weighted by atomic mass is 32.2. The maximum Gasteiger partial charge on any atom is 0.573 e. The molecule has 12 heteroatoms. The van der Waals surface area contributed by atoms with Crippen LogP contribution < -0.4 is 24.2 Å². The summed E-state index contributed by atoms with van der Waals surface area (Å²) in [7, 11) is -3.70. The Bertz CT molecular complexity index is 1060. The molecular formula is C21H23F3N2O6S. The van der Waals surface area contributed by atoms with E-state index < -0.39 is 16.4 Å². The molecule has 0 unspecified atom stereocenters. The van der Waals surface area contributed by atoms with Gasteiger partial charge in [0.15, 0.2) is 11.5 Å². The fraction of sp³-hybridized carbons (Fsp3) is 0.381. The number of carbonyl (C=O) groups excluding carboxylic acids is 1. The molecule has 33 heavy (non-hydrogen) atoms. The number of unbranched alkanes of at least 4 members (excludes halogenated alkanes) is 2. The van der Waals surface area contributed by atoms with Crippen LogP contribution in [-0.2, 0) is 14.8 Å². The van der Waals surface area contributed by atoms with Crippen molar-refractivity contribution in [2.45, 2.75) is 36.9 Å². The second-order valence-electron chi connectivity index (χ2n) is 7.13. The lowest BCUT2D eigenvalue weighted by Crippen LogP contribution is -2.25. The number of halogens is 3. The van der Waals surface area contributed by atoms with Gasteiger partial charge in [-0.25, -0.2) is 13.1 Å². The zero-order valence-corrected chi connectivity index (χ0v) is 18.3. The van der Waals surface area contributed by atoms with Crippen molar-refractivity contribution < 1.29 is 40.6 Å². The van der Waals surface area contributed by atoms with Crippen LogP contribution in [0.5, 0.6) is 17.2 Å². The SMILES string of the molecule is O=C(CCCCCNS(=O)(=O)c1ccc2c(c1)OCCO2)Nc1ccc(OC(F)(F)F)cc1. The van der Waals surface area contributed by atoms with Crippen LogP contribution in [0.15, 0.2) is 47.4 Å². The van der Waals surface area contributed by atoms with E-state index in [0.717, 1.165) is 12.1 Å². The Labute approximate surface area is 189 Å². The van der Waals surface area contributed by atoms with E-state index in [4.69, 9.17) is 9.47 Å². The van der Waals surface area contributed by atoms with E-state index >= 15 is 0 Å². The topological polar surface area (TPSA) is 103 Å². The van der Waals surface area contributed by atoms with Crippen LogP contribution in [0.2, 0.25) is 0 Å². The molecule has 0 radical (unpaired) electrons. The van der Waals surface area contributed by atoms with E-state index in [9.17, 15) is 26.4 Å². The van der Waals surface area contributed by atoms with Crippen molar-refractivity contribution in [2.75, 3.05) is 25.1 Å². The van der Waals surface area contributed by atoms with Gasteiger partial charge in [0.2, 0.25) is 15.9 Å². The van der Waals surface area contributed by atoms with Crippen LogP contribution in [-0.4, -0.2) is 40.4 Å². The Morgan fingerprint density at radius 1 is 0.970 bits per heavy atom. The van der Waals surface area contributed by atoms with Crippen molar-refractivity contribution in [3.8, 4) is 17.2 Å². The van der Waals surface area contributed by atoms with E-state index in [1.807, 2.05) is 0 Å². The number of alkyl halides is 3. The highest BCUT2D eigenvalue weighted by molar-refractivity contribution is 7.89. The fourth-order valence-corrected chi connectivity index (χ4v) is 4.12. The normalized spacial score (nSPS) is 13.4. The Kier molecular flexibility index (Phi) is 8.03. The van der Waals surface area contributed by atoms with Crippen LogP contribution in [0, 0.1) is 0 Å². The summed E-state index contributed by atoms with van der Waals surface area (Å²) in [4.78, 5) is 12.0. The molecule has 0 fully saturated rings. The first-order valence-corrected chi connectivity index (χ1v) is 11.7. The summed E-state index contributed by atoms with van der Waals surface area (Å²) in [6.07, 6.45) is -2.93. The van der Waals surface area contributed by atoms with Crippen molar-refractivity contribution in [3.63, 3.8) is 0 Å². The van der Waals surface area contributed by atoms with Crippen LogP contribution in [0.4, 0.5) is 18.9 Å². The summed E-state index contributed by atoms with van der Waals surface area (Å²) in [6, 6.07) is 9.26. The van der Waals surface area contributed by atoms with Gasteiger partial charge in [0, 0.05) is 24.7 Å². The van der Waals surface area contributed by atoms with Gasteiger partial charge < -0.3 is 19.5 Å². The monoisotopic (exact) mass is 488 g/mol. The van der Waals surface area contributed by atoms with Gasteiger partial charge in [0.05, 0.1) is 4.90 Å². The molecule has 1 heterocycles. The quantitative estimate of drug-likeness (QED) is 0.493. The fourth-order valence-electron chi connectivity index (χ4n) is 3.03. The molecule has 0 saturated heterocycles. The van der Waals surface area contributed by atoms with Gasteiger partial charge in [-0.15, -0.1) is 13.2 Å². The van der Waals surface area contributed by atoms with E-state index in [1.54, 1.807) is 6.07 Å². The number of carbonyl (C=O) groups is 1. The van der Waals surface area contributed by atoms with Crippen molar-refractivity contribution in [2.24, 2.45) is 0 Å². The Hall–Kier alpha value is -2.99. The third kappa shape index (κ3) is 7.82. The summed E-state index contributed by atoms with van der Waals surface area (Å²) < 4.78 is 78.4. The van der Waals surface area contributed by atoms with Gasteiger partial charge in [-0.3, -0.25) is 4.79 Å². The van der Waals surface area contributed by atoms with Crippen molar-refractivity contribution >= 4 is 21.6 Å². The zero-order chi connectivity index (χ0) is 23.9. The molecule has 1 amide bonds. The molecule has 0 saturated carbocycles. The van der Waals surface area contributed by atoms with Gasteiger partial charge in [0.1, 0.15) is 19.0 Å². The van der Waals surface area contributed by atoms with Crippen LogP contribution in [0.25, 0.3) is 0 Å². The maximum atomic E-state index is 12.4. The Balaban J connectivity index is 1.34. The van der Waals surface area contributed by atoms with Gasteiger partial charge in [-0.2, -0.15) is 0 Å². The zero-order valence-electron chi connectivity index (χ0n) is 17.5. The number of rotatable bonds is 10. The highest BCUT2D eigenvalue weighted by Crippen LogP contribution is 2.32. The molecule has 0 bridgehead atoms. The summed E-state index contributed by atoms with van der Waals surface area (Å²) >= 11 is 0. The number of amides is 1. The predicted octanol–water partition coefficient (Wildman–Crippen LogP) is 3.83. The lowest BCUT2D eigenvalue weighted by Gasteiger charge is -2.18. The third-order valence-corrected chi connectivity index (χ3v) is 6.03. The molecule has 0 aliphatic carbocycles. The minimum Gasteiger partial charge on any atom is -0.486 e. The van der Waals surface area contributed by atoms with Crippen molar-refractivity contribution in [1.82, 2.24) is 4.72 Å². The number of benzene rings is 2.